The molecule has 1 aromatic carbocycles. The van der Waals surface area contributed by atoms with Crippen molar-refractivity contribution in [3.05, 3.63) is 29.8 Å². The van der Waals surface area contributed by atoms with Gasteiger partial charge in [0.05, 0.1) is 19.5 Å². The van der Waals surface area contributed by atoms with Gasteiger partial charge in [0.15, 0.2) is 11.5 Å². The van der Waals surface area contributed by atoms with Crippen molar-refractivity contribution in [1.82, 2.24) is 9.80 Å². The molecule has 0 atom stereocenters. The van der Waals surface area contributed by atoms with Crippen LogP contribution in [0.15, 0.2) is 24.3 Å². The first-order chi connectivity index (χ1) is 13.7. The number of carbonyl (C=O) groups is 1. The van der Waals surface area contributed by atoms with Crippen molar-refractivity contribution in [2.24, 2.45) is 5.92 Å². The number of amides is 1. The zero-order valence-electron chi connectivity index (χ0n) is 17.8. The number of nitrogens with zero attached hydrogens (tertiary/aromatic N) is 2. The number of sulfone groups is 1. The van der Waals surface area contributed by atoms with Crippen molar-refractivity contribution >= 4 is 21.8 Å². The van der Waals surface area contributed by atoms with Gasteiger partial charge in [-0.15, -0.1) is 0 Å². The van der Waals surface area contributed by atoms with E-state index in [4.69, 9.17) is 9.47 Å². The van der Waals surface area contributed by atoms with Crippen LogP contribution >= 0.6 is 0 Å². The molecule has 1 aliphatic heterocycles. The Hall–Kier alpha value is -2.06. The van der Waals surface area contributed by atoms with Crippen molar-refractivity contribution in [3.8, 4) is 11.5 Å². The molecule has 0 aromatic heterocycles. The second kappa shape index (κ2) is 10.6. The van der Waals surface area contributed by atoms with Crippen LogP contribution in [-0.4, -0.2) is 82.6 Å². The predicted octanol–water partition coefficient (Wildman–Crippen LogP) is 1.93. The van der Waals surface area contributed by atoms with Gasteiger partial charge in [-0.25, -0.2) is 8.42 Å². The van der Waals surface area contributed by atoms with Gasteiger partial charge in [0, 0.05) is 45.1 Å². The molecule has 162 valence electrons. The average molecular weight is 425 g/mol. The van der Waals surface area contributed by atoms with Crippen molar-refractivity contribution in [3.63, 3.8) is 0 Å². The summed E-state index contributed by atoms with van der Waals surface area (Å²) in [4.78, 5) is 16.3. The summed E-state index contributed by atoms with van der Waals surface area (Å²) < 4.78 is 33.7. The van der Waals surface area contributed by atoms with Crippen molar-refractivity contribution < 1.29 is 22.7 Å². The maximum Gasteiger partial charge on any atom is 0.246 e. The van der Waals surface area contributed by atoms with E-state index in [1.165, 1.54) is 6.26 Å². The van der Waals surface area contributed by atoms with Gasteiger partial charge in [0.25, 0.3) is 0 Å². The molecule has 1 amide bonds. The molecule has 1 aromatic rings. The molecule has 1 fully saturated rings. The van der Waals surface area contributed by atoms with Gasteiger partial charge >= 0.3 is 0 Å². The van der Waals surface area contributed by atoms with Crippen LogP contribution < -0.4 is 9.47 Å². The molecule has 2 rings (SSSR count). The van der Waals surface area contributed by atoms with Gasteiger partial charge in [0.1, 0.15) is 9.84 Å². The van der Waals surface area contributed by atoms with Crippen LogP contribution in [0.3, 0.4) is 0 Å². The van der Waals surface area contributed by atoms with Crippen molar-refractivity contribution in [1.29, 1.82) is 0 Å². The van der Waals surface area contributed by atoms with E-state index in [2.05, 4.69) is 18.7 Å². The molecule has 0 radical (unpaired) electrons. The number of methoxy groups -OCH3 is 1. The topological polar surface area (TPSA) is 76.2 Å². The first-order valence-corrected chi connectivity index (χ1v) is 11.9. The number of hydrogen-bond acceptors (Lipinski definition) is 6. The molecular weight excluding hydrogens is 392 g/mol. The SMILES string of the molecule is COc1cc(/C=C/C(=O)N2CCN(CCS(C)(=O)=O)CC2)ccc1OCC(C)C. The van der Waals surface area contributed by atoms with Crippen LogP contribution in [0.2, 0.25) is 0 Å². The third-order valence-electron chi connectivity index (χ3n) is 4.64. The fraction of sp³-hybridized carbons (Fsp3) is 0.571. The predicted molar refractivity (Wildman–Crippen MR) is 115 cm³/mol. The first kappa shape index (κ1) is 23.2. The number of rotatable bonds is 9. The minimum Gasteiger partial charge on any atom is -0.493 e. The summed E-state index contributed by atoms with van der Waals surface area (Å²) in [5.74, 6) is 1.85. The summed E-state index contributed by atoms with van der Waals surface area (Å²) >= 11 is 0. The normalized spacial score (nSPS) is 15.8. The van der Waals surface area contributed by atoms with E-state index < -0.39 is 9.84 Å². The number of piperazine rings is 1. The largest absolute Gasteiger partial charge is 0.493 e. The highest BCUT2D eigenvalue weighted by molar-refractivity contribution is 7.90. The molecule has 29 heavy (non-hydrogen) atoms. The zero-order chi connectivity index (χ0) is 21.4. The Morgan fingerprint density at radius 3 is 2.45 bits per heavy atom. The van der Waals surface area contributed by atoms with Crippen LogP contribution in [0, 0.1) is 5.92 Å². The van der Waals surface area contributed by atoms with Gasteiger partial charge in [-0.05, 0) is 29.7 Å². The lowest BCUT2D eigenvalue weighted by Gasteiger charge is -2.34. The van der Waals surface area contributed by atoms with E-state index in [1.54, 1.807) is 24.2 Å². The number of ether oxygens (including phenoxy) is 2. The minimum absolute atomic E-state index is 0.0492. The molecule has 0 N–H and O–H groups in total. The Morgan fingerprint density at radius 2 is 1.86 bits per heavy atom. The molecule has 7 nitrogen and oxygen atoms in total. The molecule has 1 saturated heterocycles. The first-order valence-electron chi connectivity index (χ1n) is 9.86. The molecule has 0 bridgehead atoms. The van der Waals surface area contributed by atoms with Gasteiger partial charge in [-0.2, -0.15) is 0 Å². The van der Waals surface area contributed by atoms with Crippen LogP contribution in [0.5, 0.6) is 11.5 Å². The Balaban J connectivity index is 1.89. The highest BCUT2D eigenvalue weighted by Crippen LogP contribution is 2.29. The second-order valence-electron chi connectivity index (χ2n) is 7.75. The quantitative estimate of drug-likeness (QED) is 0.564. The van der Waals surface area contributed by atoms with E-state index in [-0.39, 0.29) is 11.7 Å². The van der Waals surface area contributed by atoms with Gasteiger partial charge in [0.2, 0.25) is 5.91 Å². The minimum atomic E-state index is -2.96. The van der Waals surface area contributed by atoms with Crippen LogP contribution in [0.1, 0.15) is 19.4 Å². The second-order valence-corrected chi connectivity index (χ2v) is 10.0. The molecule has 0 unspecified atom stereocenters. The van der Waals surface area contributed by atoms with Crippen LogP contribution in [-0.2, 0) is 14.6 Å². The summed E-state index contributed by atoms with van der Waals surface area (Å²) in [6.07, 6.45) is 4.58. The maximum atomic E-state index is 12.5. The highest BCUT2D eigenvalue weighted by atomic mass is 32.2. The molecule has 1 aliphatic rings. The maximum absolute atomic E-state index is 12.5. The third-order valence-corrected chi connectivity index (χ3v) is 5.56. The Bertz CT molecular complexity index is 812. The third kappa shape index (κ3) is 8.06. The highest BCUT2D eigenvalue weighted by Gasteiger charge is 2.20. The molecule has 0 aliphatic carbocycles. The summed E-state index contributed by atoms with van der Waals surface area (Å²) in [5.41, 5.74) is 0.860. The van der Waals surface area contributed by atoms with E-state index in [9.17, 15) is 13.2 Å². The molecule has 1 heterocycles. The van der Waals surface area contributed by atoms with E-state index in [0.717, 1.165) is 5.56 Å². The summed E-state index contributed by atoms with van der Waals surface area (Å²) in [5, 5.41) is 0. The average Bonchev–Trinajstić information content (AvgIpc) is 2.68. The Kier molecular flexibility index (Phi) is 8.52. The van der Waals surface area contributed by atoms with Crippen molar-refractivity contribution in [2.75, 3.05) is 58.4 Å². The lowest BCUT2D eigenvalue weighted by Crippen LogP contribution is -2.49. The monoisotopic (exact) mass is 424 g/mol. The van der Waals surface area contributed by atoms with Crippen molar-refractivity contribution in [2.45, 2.75) is 13.8 Å². The Labute approximate surface area is 174 Å². The summed E-state index contributed by atoms with van der Waals surface area (Å²) in [6, 6.07) is 5.60. The molecule has 8 heteroatoms. The number of hydrogen-bond donors (Lipinski definition) is 0. The van der Waals surface area contributed by atoms with E-state index >= 15 is 0 Å². The zero-order valence-corrected chi connectivity index (χ0v) is 18.6. The summed E-state index contributed by atoms with van der Waals surface area (Å²) in [7, 11) is -1.37. The van der Waals surface area contributed by atoms with Gasteiger partial charge in [-0.1, -0.05) is 19.9 Å². The Morgan fingerprint density at radius 1 is 1.17 bits per heavy atom. The van der Waals surface area contributed by atoms with E-state index in [1.807, 2.05) is 18.2 Å². The molecular formula is C21H32N2O5S. The van der Waals surface area contributed by atoms with Crippen LogP contribution in [0.25, 0.3) is 6.08 Å². The molecule has 0 saturated carbocycles. The summed E-state index contributed by atoms with van der Waals surface area (Å²) in [6.45, 7) is 7.86. The van der Waals surface area contributed by atoms with Gasteiger partial charge < -0.3 is 14.4 Å². The van der Waals surface area contributed by atoms with Gasteiger partial charge in [-0.3, -0.25) is 9.69 Å². The fourth-order valence-electron chi connectivity index (χ4n) is 2.92. The van der Waals surface area contributed by atoms with E-state index in [0.29, 0.717) is 56.7 Å². The standard InChI is InChI=1S/C21H32N2O5S/c1-17(2)16-28-19-7-5-18(15-20(19)27-3)6-8-21(24)23-11-9-22(10-12-23)13-14-29(4,25)26/h5-8,15,17H,9-14,16H2,1-4H3/b8-6+. The smallest absolute Gasteiger partial charge is 0.246 e. The number of carbonyl (C=O) groups excluding carboxylic acids is 1. The fourth-order valence-corrected chi connectivity index (χ4v) is 3.51. The lowest BCUT2D eigenvalue weighted by atomic mass is 10.1. The lowest BCUT2D eigenvalue weighted by molar-refractivity contribution is -0.127. The number of benzene rings is 1. The van der Waals surface area contributed by atoms with Crippen LogP contribution in [0.4, 0.5) is 0 Å². The molecule has 0 spiro atoms.